The summed E-state index contributed by atoms with van der Waals surface area (Å²) in [5.41, 5.74) is 4.34. The van der Waals surface area contributed by atoms with Crippen molar-refractivity contribution in [2.24, 2.45) is 5.41 Å². The molecule has 71 heavy (non-hydrogen) atoms. The molecule has 20 heteroatoms. The number of thiazole rings is 1. The minimum atomic E-state index is -4.73. The van der Waals surface area contributed by atoms with Gasteiger partial charge in [-0.3, -0.25) is 24.1 Å². The number of likely N-dealkylation sites (tertiary alicyclic amines) is 1. The molecule has 0 aliphatic carbocycles. The van der Waals surface area contributed by atoms with Crippen LogP contribution in [0.3, 0.4) is 0 Å². The molecule has 16 nitrogen and oxygen atoms in total. The number of aryl methyl sites for hydroxylation is 1. The summed E-state index contributed by atoms with van der Waals surface area (Å²) >= 11 is 1.56. The first kappa shape index (κ1) is 52.1. The molecule has 378 valence electrons. The lowest BCUT2D eigenvalue weighted by Gasteiger charge is -2.37. The number of methoxy groups -OCH3 is 1. The van der Waals surface area contributed by atoms with E-state index in [2.05, 4.69) is 46.4 Å². The molecule has 4 atom stereocenters. The SMILES string of the molecule is CNC(=O)c1ccccc1Nc1cc(Nc2ccc(N3CCN(CCC(=O)N[C@H](C(=O)N4C[C@H](O)C[C@H]4C(=O)N[C@@H](C)c4ccc(-c5scnc5C)cc4)C(C)(C)C)CC3)cc2OC)ncc1C(F)(F)F. The zero-order chi connectivity index (χ0) is 51.2. The fourth-order valence-electron chi connectivity index (χ4n) is 8.78. The number of halogens is 3. The first-order chi connectivity index (χ1) is 33.7. The number of hydrogen-bond donors (Lipinski definition) is 6. The van der Waals surface area contributed by atoms with Gasteiger partial charge in [0.1, 0.15) is 23.7 Å². The van der Waals surface area contributed by atoms with Gasteiger partial charge in [0.25, 0.3) is 5.91 Å². The Labute approximate surface area is 415 Å². The molecule has 0 bridgehead atoms. The summed E-state index contributed by atoms with van der Waals surface area (Å²) in [6, 6.07) is 18.6. The highest BCUT2D eigenvalue weighted by atomic mass is 32.1. The summed E-state index contributed by atoms with van der Waals surface area (Å²) in [4.78, 5) is 69.2. The van der Waals surface area contributed by atoms with E-state index in [-0.39, 0.29) is 60.0 Å². The normalized spacial score (nSPS) is 17.3. The van der Waals surface area contributed by atoms with Crippen LogP contribution in [-0.4, -0.2) is 120 Å². The van der Waals surface area contributed by atoms with Crippen LogP contribution in [0.2, 0.25) is 0 Å². The van der Waals surface area contributed by atoms with Crippen LogP contribution in [0.1, 0.15) is 73.8 Å². The number of carbonyl (C=O) groups excluding carboxylic acids is 4. The van der Waals surface area contributed by atoms with Crippen LogP contribution in [0.5, 0.6) is 5.75 Å². The topological polar surface area (TPSA) is 193 Å². The van der Waals surface area contributed by atoms with E-state index in [4.69, 9.17) is 4.74 Å². The van der Waals surface area contributed by atoms with Crippen LogP contribution < -0.4 is 36.2 Å². The second-order valence-corrected chi connectivity index (χ2v) is 19.7. The van der Waals surface area contributed by atoms with Gasteiger partial charge in [-0.25, -0.2) is 9.97 Å². The van der Waals surface area contributed by atoms with Crippen LogP contribution in [0.15, 0.2) is 84.5 Å². The van der Waals surface area contributed by atoms with Gasteiger partial charge in [0.2, 0.25) is 17.7 Å². The first-order valence-electron chi connectivity index (χ1n) is 23.4. The standard InChI is InChI=1S/C51H61F3N10O6S/c1-30(32-12-14-33(15-13-32)45-31(2)57-29-71-45)58-48(68)41-25-35(65)28-64(41)49(69)46(50(3,4)5)61-44(66)18-19-62-20-22-63(23-21-62)34-16-17-39(42(24-34)70-7)60-43-26-40(37(27-56-43)51(52,53)54)59-38-11-9-8-10-36(38)47(67)55-6/h8-17,24,26-27,29-30,35,41,46,65H,18-23,25,28H2,1-7H3,(H,55,67)(H,58,68)(H,61,66)(H2,56,59,60)/t30-,35+,41-,46+/m0/s1. The van der Waals surface area contributed by atoms with Gasteiger partial charge in [-0.15, -0.1) is 11.3 Å². The molecule has 2 aromatic heterocycles. The number of anilines is 5. The maximum Gasteiger partial charge on any atom is 0.419 e. The largest absolute Gasteiger partial charge is 0.494 e. The van der Waals surface area contributed by atoms with Crippen molar-refractivity contribution < 1.29 is 42.2 Å². The lowest BCUT2D eigenvalue weighted by molar-refractivity contribution is -0.144. The Morgan fingerprint density at radius 3 is 2.27 bits per heavy atom. The van der Waals surface area contributed by atoms with Gasteiger partial charge in [0, 0.05) is 83.2 Å². The molecule has 6 N–H and O–H groups in total. The van der Waals surface area contributed by atoms with E-state index in [0.29, 0.717) is 44.2 Å². The van der Waals surface area contributed by atoms with Crippen molar-refractivity contribution in [3.05, 3.63) is 107 Å². The van der Waals surface area contributed by atoms with Crippen molar-refractivity contribution in [2.45, 2.75) is 77.9 Å². The van der Waals surface area contributed by atoms with E-state index in [1.54, 1.807) is 35.0 Å². The highest BCUT2D eigenvalue weighted by molar-refractivity contribution is 7.13. The lowest BCUT2D eigenvalue weighted by atomic mass is 9.85. The van der Waals surface area contributed by atoms with Gasteiger partial charge in [-0.2, -0.15) is 13.2 Å². The molecule has 2 aliphatic rings. The molecule has 4 amide bonds. The summed E-state index contributed by atoms with van der Waals surface area (Å²) in [6.07, 6.45) is -4.68. The number of rotatable bonds is 16. The Hall–Kier alpha value is -6.77. The summed E-state index contributed by atoms with van der Waals surface area (Å²) in [5.74, 6) is -1.04. The molecular weight excluding hydrogens is 938 g/mol. The number of amides is 4. The Morgan fingerprint density at radius 2 is 1.62 bits per heavy atom. The lowest BCUT2D eigenvalue weighted by Crippen LogP contribution is -2.58. The predicted molar refractivity (Wildman–Crippen MR) is 268 cm³/mol. The van der Waals surface area contributed by atoms with Crippen molar-refractivity contribution in [1.82, 2.24) is 35.7 Å². The number of nitrogens with zero attached hydrogens (tertiary/aromatic N) is 5. The molecular formula is C51H61F3N10O6S. The summed E-state index contributed by atoms with van der Waals surface area (Å²) in [5, 5.41) is 25.1. The van der Waals surface area contributed by atoms with Crippen molar-refractivity contribution in [3.63, 3.8) is 0 Å². The average molecular weight is 999 g/mol. The Balaban J connectivity index is 0.924. The number of benzene rings is 3. The van der Waals surface area contributed by atoms with Gasteiger partial charge in [-0.1, -0.05) is 57.2 Å². The molecule has 0 spiro atoms. The number of aliphatic hydroxyl groups is 1. The van der Waals surface area contributed by atoms with Crippen molar-refractivity contribution in [1.29, 1.82) is 0 Å². The number of carbonyl (C=O) groups is 4. The van der Waals surface area contributed by atoms with Crippen molar-refractivity contribution in [2.75, 3.05) is 69.0 Å². The molecule has 7 rings (SSSR count). The van der Waals surface area contributed by atoms with Gasteiger partial charge in [0.05, 0.1) is 63.5 Å². The second kappa shape index (κ2) is 22.1. The zero-order valence-corrected chi connectivity index (χ0v) is 41.6. The van der Waals surface area contributed by atoms with Crippen LogP contribution in [0, 0.1) is 12.3 Å². The molecule has 4 heterocycles. The minimum Gasteiger partial charge on any atom is -0.494 e. The third kappa shape index (κ3) is 12.6. The van der Waals surface area contributed by atoms with E-state index in [9.17, 15) is 37.5 Å². The maximum atomic E-state index is 14.2. The monoisotopic (exact) mass is 998 g/mol. The number of para-hydroxylation sites is 1. The number of alkyl halides is 3. The number of aliphatic hydroxyl groups excluding tert-OH is 1. The summed E-state index contributed by atoms with van der Waals surface area (Å²) in [7, 11) is 2.93. The number of nitrogens with one attached hydrogen (secondary N) is 5. The number of β-amino-alcohol motifs (C(OH)–C–C–N with tert-alkyl or cyclic N) is 1. The fourth-order valence-corrected chi connectivity index (χ4v) is 9.59. The quantitative estimate of drug-likeness (QED) is 0.0580. The Bertz CT molecular complexity index is 2700. The van der Waals surface area contributed by atoms with Crippen LogP contribution in [-0.2, 0) is 20.6 Å². The summed E-state index contributed by atoms with van der Waals surface area (Å²) < 4.78 is 48.1. The first-order valence-corrected chi connectivity index (χ1v) is 24.3. The number of piperazine rings is 1. The second-order valence-electron chi connectivity index (χ2n) is 18.8. The minimum absolute atomic E-state index is 0.0285. The van der Waals surface area contributed by atoms with E-state index in [1.807, 2.05) is 71.0 Å². The highest BCUT2D eigenvalue weighted by Gasteiger charge is 2.45. The molecule has 3 aromatic carbocycles. The number of aromatic nitrogens is 2. The third-order valence-electron chi connectivity index (χ3n) is 12.8. The Morgan fingerprint density at radius 1 is 0.901 bits per heavy atom. The van der Waals surface area contributed by atoms with E-state index >= 15 is 0 Å². The zero-order valence-electron chi connectivity index (χ0n) is 40.8. The molecule has 0 saturated carbocycles. The van der Waals surface area contributed by atoms with Gasteiger partial charge in [-0.05, 0) is 54.7 Å². The average Bonchev–Trinajstić information content (AvgIpc) is 3.97. The number of ether oxygens (including phenoxy) is 1. The van der Waals surface area contributed by atoms with Gasteiger partial charge in [0.15, 0.2) is 0 Å². The molecule has 0 unspecified atom stereocenters. The van der Waals surface area contributed by atoms with Gasteiger partial charge >= 0.3 is 6.18 Å². The molecule has 2 saturated heterocycles. The van der Waals surface area contributed by atoms with Crippen LogP contribution >= 0.6 is 11.3 Å². The van der Waals surface area contributed by atoms with Crippen molar-refractivity contribution in [3.8, 4) is 16.2 Å². The van der Waals surface area contributed by atoms with Crippen LogP contribution in [0.25, 0.3) is 10.4 Å². The maximum absolute atomic E-state index is 14.2. The summed E-state index contributed by atoms with van der Waals surface area (Å²) in [6.45, 7) is 12.4. The smallest absolute Gasteiger partial charge is 0.419 e. The van der Waals surface area contributed by atoms with Crippen LogP contribution in [0.4, 0.5) is 41.7 Å². The van der Waals surface area contributed by atoms with E-state index in [0.717, 1.165) is 33.6 Å². The molecule has 5 aromatic rings. The van der Waals surface area contributed by atoms with Crippen molar-refractivity contribution >= 4 is 63.5 Å². The third-order valence-corrected chi connectivity index (χ3v) is 13.8. The highest BCUT2D eigenvalue weighted by Crippen LogP contribution is 2.39. The van der Waals surface area contributed by atoms with E-state index in [1.165, 1.54) is 37.3 Å². The molecule has 0 radical (unpaired) electrons. The Kier molecular flexibility index (Phi) is 16.2. The van der Waals surface area contributed by atoms with E-state index < -0.39 is 47.2 Å². The predicted octanol–water partition coefficient (Wildman–Crippen LogP) is 7.27. The van der Waals surface area contributed by atoms with Gasteiger partial charge < -0.3 is 46.2 Å². The molecule has 2 fully saturated rings. The number of pyridine rings is 1. The fraction of sp³-hybridized carbons (Fsp3) is 0.412. The molecule has 2 aliphatic heterocycles. The number of hydrogen-bond acceptors (Lipinski definition) is 13.